The quantitative estimate of drug-likeness (QED) is 0.809. The van der Waals surface area contributed by atoms with Crippen LogP contribution in [-0.2, 0) is 13.1 Å². The number of rotatable bonds is 6. The van der Waals surface area contributed by atoms with Gasteiger partial charge in [-0.2, -0.15) is 5.26 Å². The Bertz CT molecular complexity index is 577. The molecular formula is C15H20N4. The van der Waals surface area contributed by atoms with E-state index in [0.717, 1.165) is 25.2 Å². The van der Waals surface area contributed by atoms with E-state index in [2.05, 4.69) is 47.0 Å². The second kappa shape index (κ2) is 6.35. The van der Waals surface area contributed by atoms with Crippen molar-refractivity contribution < 1.29 is 0 Å². The maximum absolute atomic E-state index is 8.62. The van der Waals surface area contributed by atoms with Crippen LogP contribution in [0.25, 0.3) is 11.0 Å². The van der Waals surface area contributed by atoms with Gasteiger partial charge in [-0.1, -0.05) is 13.8 Å². The van der Waals surface area contributed by atoms with Gasteiger partial charge in [0.1, 0.15) is 5.65 Å². The number of pyridine rings is 1. The molecule has 0 fully saturated rings. The maximum atomic E-state index is 8.62. The molecule has 2 aromatic heterocycles. The average molecular weight is 256 g/mol. The van der Waals surface area contributed by atoms with E-state index in [1.165, 1.54) is 10.9 Å². The van der Waals surface area contributed by atoms with Crippen LogP contribution in [0.5, 0.6) is 0 Å². The van der Waals surface area contributed by atoms with Crippen molar-refractivity contribution in [1.82, 2.24) is 14.9 Å². The molecule has 0 radical (unpaired) electrons. The number of fused-ring (bicyclic) bond motifs is 1. The number of aryl methyl sites for hydroxylation is 1. The third kappa shape index (κ3) is 3.33. The van der Waals surface area contributed by atoms with Gasteiger partial charge in [0.2, 0.25) is 0 Å². The average Bonchev–Trinajstić information content (AvgIpc) is 2.76. The Kier molecular flexibility index (Phi) is 4.53. The second-order valence-electron chi connectivity index (χ2n) is 5.02. The van der Waals surface area contributed by atoms with Gasteiger partial charge in [-0.3, -0.25) is 0 Å². The normalized spacial score (nSPS) is 11.1. The molecule has 1 N–H and O–H groups in total. The molecule has 0 aliphatic rings. The van der Waals surface area contributed by atoms with Crippen LogP contribution in [0, 0.1) is 11.3 Å². The Morgan fingerprint density at radius 2 is 2.32 bits per heavy atom. The monoisotopic (exact) mass is 256 g/mol. The van der Waals surface area contributed by atoms with Gasteiger partial charge in [0.05, 0.1) is 6.07 Å². The Morgan fingerprint density at radius 3 is 3.05 bits per heavy atom. The first kappa shape index (κ1) is 13.6. The van der Waals surface area contributed by atoms with Gasteiger partial charge in [0.25, 0.3) is 0 Å². The van der Waals surface area contributed by atoms with Crippen molar-refractivity contribution in [2.45, 2.75) is 45.8 Å². The van der Waals surface area contributed by atoms with Gasteiger partial charge in [-0.25, -0.2) is 4.98 Å². The van der Waals surface area contributed by atoms with Gasteiger partial charge in [-0.15, -0.1) is 0 Å². The lowest BCUT2D eigenvalue weighted by Crippen LogP contribution is -2.21. The minimum absolute atomic E-state index is 0.466. The number of hydrogen-bond donors (Lipinski definition) is 1. The third-order valence-electron chi connectivity index (χ3n) is 3.10. The number of hydrogen-bond acceptors (Lipinski definition) is 3. The summed E-state index contributed by atoms with van der Waals surface area (Å²) < 4.78 is 2.16. The largest absolute Gasteiger partial charge is 0.332 e. The fourth-order valence-corrected chi connectivity index (χ4v) is 2.15. The molecule has 0 saturated carbocycles. The van der Waals surface area contributed by atoms with Gasteiger partial charge < -0.3 is 9.88 Å². The molecule has 0 aromatic carbocycles. The van der Waals surface area contributed by atoms with Crippen LogP contribution in [0.2, 0.25) is 0 Å². The second-order valence-corrected chi connectivity index (χ2v) is 5.02. The van der Waals surface area contributed by atoms with E-state index in [0.29, 0.717) is 12.5 Å². The van der Waals surface area contributed by atoms with E-state index in [4.69, 9.17) is 5.26 Å². The smallest absolute Gasteiger partial charge is 0.140 e. The zero-order chi connectivity index (χ0) is 13.7. The molecule has 0 saturated heterocycles. The predicted octanol–water partition coefficient (Wildman–Crippen LogP) is 2.84. The summed E-state index contributed by atoms with van der Waals surface area (Å²) in [5, 5.41) is 13.3. The Hall–Kier alpha value is -1.86. The molecule has 2 rings (SSSR count). The van der Waals surface area contributed by atoms with E-state index in [-0.39, 0.29) is 0 Å². The van der Waals surface area contributed by atoms with Crippen molar-refractivity contribution >= 4 is 11.0 Å². The Labute approximate surface area is 114 Å². The predicted molar refractivity (Wildman–Crippen MR) is 76.6 cm³/mol. The van der Waals surface area contributed by atoms with Crippen molar-refractivity contribution in [3.05, 3.63) is 30.1 Å². The number of unbranched alkanes of at least 4 members (excludes halogenated alkanes) is 1. The van der Waals surface area contributed by atoms with E-state index in [9.17, 15) is 0 Å². The molecule has 0 amide bonds. The van der Waals surface area contributed by atoms with Crippen LogP contribution in [0.4, 0.5) is 0 Å². The topological polar surface area (TPSA) is 53.6 Å². The molecule has 0 unspecified atom stereocenters. The molecule has 4 heteroatoms. The number of nitrogens with zero attached hydrogens (tertiary/aromatic N) is 3. The fourth-order valence-electron chi connectivity index (χ4n) is 2.15. The molecule has 4 nitrogen and oxygen atoms in total. The number of aromatic nitrogens is 2. The molecule has 2 heterocycles. The number of nitriles is 1. The summed E-state index contributed by atoms with van der Waals surface area (Å²) in [6.45, 7) is 5.99. The molecule has 19 heavy (non-hydrogen) atoms. The molecule has 2 aromatic rings. The molecule has 100 valence electrons. The highest BCUT2D eigenvalue weighted by Crippen LogP contribution is 2.20. The first-order chi connectivity index (χ1) is 9.22. The van der Waals surface area contributed by atoms with Crippen molar-refractivity contribution in [2.24, 2.45) is 0 Å². The highest BCUT2D eigenvalue weighted by molar-refractivity contribution is 5.80. The first-order valence-electron chi connectivity index (χ1n) is 6.75. The summed E-state index contributed by atoms with van der Waals surface area (Å²) in [5.41, 5.74) is 2.29. The van der Waals surface area contributed by atoms with Crippen molar-refractivity contribution in [1.29, 1.82) is 5.26 Å². The zero-order valence-corrected chi connectivity index (χ0v) is 11.6. The highest BCUT2D eigenvalue weighted by atomic mass is 15.0. The van der Waals surface area contributed by atoms with E-state index in [1.54, 1.807) is 0 Å². The summed E-state index contributed by atoms with van der Waals surface area (Å²) in [6.07, 6.45) is 5.44. The molecule has 0 atom stereocenters. The SMILES string of the molecule is CC(C)NCc1cn(CCCC#N)c2ncccc12. The van der Waals surface area contributed by atoms with Crippen LogP contribution in [-0.4, -0.2) is 15.6 Å². The van der Waals surface area contributed by atoms with E-state index in [1.807, 2.05) is 12.3 Å². The van der Waals surface area contributed by atoms with Crippen LogP contribution in [0.1, 0.15) is 32.3 Å². The van der Waals surface area contributed by atoms with Crippen LogP contribution >= 0.6 is 0 Å². The lowest BCUT2D eigenvalue weighted by Gasteiger charge is -2.06. The van der Waals surface area contributed by atoms with Crippen LogP contribution in [0.3, 0.4) is 0 Å². The summed E-state index contributed by atoms with van der Waals surface area (Å²) in [7, 11) is 0. The molecule has 0 bridgehead atoms. The van der Waals surface area contributed by atoms with Gasteiger partial charge in [-0.05, 0) is 24.1 Å². The molecule has 0 aliphatic carbocycles. The fraction of sp³-hybridized carbons (Fsp3) is 0.467. The maximum Gasteiger partial charge on any atom is 0.140 e. The molecule has 0 spiro atoms. The molecule has 0 aliphatic heterocycles. The molecular weight excluding hydrogens is 236 g/mol. The summed E-state index contributed by atoms with van der Waals surface area (Å²) in [5.74, 6) is 0. The van der Waals surface area contributed by atoms with Crippen molar-refractivity contribution in [2.75, 3.05) is 0 Å². The van der Waals surface area contributed by atoms with Crippen molar-refractivity contribution in [3.8, 4) is 6.07 Å². The van der Waals surface area contributed by atoms with Crippen LogP contribution < -0.4 is 5.32 Å². The minimum Gasteiger partial charge on any atom is -0.332 e. The van der Waals surface area contributed by atoms with Crippen molar-refractivity contribution in [3.63, 3.8) is 0 Å². The van der Waals surface area contributed by atoms with E-state index < -0.39 is 0 Å². The first-order valence-corrected chi connectivity index (χ1v) is 6.75. The van der Waals surface area contributed by atoms with Gasteiger partial charge in [0, 0.05) is 43.3 Å². The summed E-state index contributed by atoms with van der Waals surface area (Å²) >= 11 is 0. The third-order valence-corrected chi connectivity index (χ3v) is 3.10. The lowest BCUT2D eigenvalue weighted by molar-refractivity contribution is 0.588. The van der Waals surface area contributed by atoms with Gasteiger partial charge in [0.15, 0.2) is 0 Å². The summed E-state index contributed by atoms with van der Waals surface area (Å²) in [6, 6.07) is 6.74. The lowest BCUT2D eigenvalue weighted by atomic mass is 10.2. The van der Waals surface area contributed by atoms with Crippen LogP contribution in [0.15, 0.2) is 24.5 Å². The number of nitrogens with one attached hydrogen (secondary N) is 1. The minimum atomic E-state index is 0.466. The van der Waals surface area contributed by atoms with E-state index >= 15 is 0 Å². The Morgan fingerprint density at radius 1 is 1.47 bits per heavy atom. The zero-order valence-electron chi connectivity index (χ0n) is 11.6. The van der Waals surface area contributed by atoms with Gasteiger partial charge >= 0.3 is 0 Å². The summed E-state index contributed by atoms with van der Waals surface area (Å²) in [4.78, 5) is 4.46. The standard InChI is InChI=1S/C15H20N4/c1-12(2)18-10-13-11-19(9-4-3-7-16)15-14(13)6-5-8-17-15/h5-6,8,11-12,18H,3-4,9-10H2,1-2H3. The highest BCUT2D eigenvalue weighted by Gasteiger charge is 2.09. The Balaban J connectivity index is 2.24.